The molecular formula is C24H40. The molecule has 1 aromatic carbocycles. The standard InChI is InChI=1S/C24H40/c1-3-5-6-7-8-9-10-11-12-22-15-19-24(20-16-22)23-17-13-21(4-2)14-18-23/h15-16,19-21,23H,3-14,17-18H2,1-2H3. The normalized spacial score (nSPS) is 21.1. The molecule has 1 aliphatic rings. The predicted octanol–water partition coefficient (Wildman–Crippen LogP) is 8.05. The summed E-state index contributed by atoms with van der Waals surface area (Å²) in [5.41, 5.74) is 3.15. The van der Waals surface area contributed by atoms with E-state index in [4.69, 9.17) is 0 Å². The van der Waals surface area contributed by atoms with E-state index in [-0.39, 0.29) is 0 Å². The average Bonchev–Trinajstić information content (AvgIpc) is 2.64. The third-order valence-corrected chi connectivity index (χ3v) is 6.19. The number of aryl methyl sites for hydroxylation is 1. The second-order valence-electron chi connectivity index (χ2n) is 8.09. The van der Waals surface area contributed by atoms with Gasteiger partial charge in [-0.1, -0.05) is 89.5 Å². The molecule has 0 heterocycles. The molecule has 0 radical (unpaired) electrons. The highest BCUT2D eigenvalue weighted by atomic mass is 14.3. The Labute approximate surface area is 151 Å². The Morgan fingerprint density at radius 1 is 0.708 bits per heavy atom. The highest BCUT2D eigenvalue weighted by Crippen LogP contribution is 2.36. The van der Waals surface area contributed by atoms with Crippen molar-refractivity contribution in [3.05, 3.63) is 35.4 Å². The molecule has 0 heteroatoms. The molecule has 0 aliphatic heterocycles. The molecule has 0 unspecified atom stereocenters. The van der Waals surface area contributed by atoms with E-state index in [1.165, 1.54) is 89.9 Å². The highest BCUT2D eigenvalue weighted by molar-refractivity contribution is 5.25. The van der Waals surface area contributed by atoms with Crippen molar-refractivity contribution in [2.45, 2.75) is 110 Å². The first-order chi connectivity index (χ1) is 11.8. The van der Waals surface area contributed by atoms with Crippen molar-refractivity contribution in [3.63, 3.8) is 0 Å². The van der Waals surface area contributed by atoms with Crippen molar-refractivity contribution < 1.29 is 0 Å². The Kier molecular flexibility index (Phi) is 9.54. The van der Waals surface area contributed by atoms with Gasteiger partial charge in [-0.3, -0.25) is 0 Å². The van der Waals surface area contributed by atoms with Crippen molar-refractivity contribution in [2.75, 3.05) is 0 Å². The summed E-state index contributed by atoms with van der Waals surface area (Å²) in [6.45, 7) is 4.65. The molecule has 0 saturated heterocycles. The minimum atomic E-state index is 0.838. The van der Waals surface area contributed by atoms with Gasteiger partial charge in [0.15, 0.2) is 0 Å². The summed E-state index contributed by atoms with van der Waals surface area (Å²) in [7, 11) is 0. The van der Waals surface area contributed by atoms with Gasteiger partial charge in [-0.25, -0.2) is 0 Å². The fourth-order valence-electron chi connectivity index (χ4n) is 4.32. The van der Waals surface area contributed by atoms with Crippen molar-refractivity contribution in [1.82, 2.24) is 0 Å². The number of unbranched alkanes of at least 4 members (excludes halogenated alkanes) is 7. The van der Waals surface area contributed by atoms with Gasteiger partial charge in [0.25, 0.3) is 0 Å². The SMILES string of the molecule is CCCCCCCCCCc1ccc(C2CCC(CC)CC2)cc1. The molecule has 0 spiro atoms. The fraction of sp³-hybridized carbons (Fsp3) is 0.750. The molecule has 2 rings (SSSR count). The number of hydrogen-bond acceptors (Lipinski definition) is 0. The maximum Gasteiger partial charge on any atom is -0.0162 e. The van der Waals surface area contributed by atoms with E-state index < -0.39 is 0 Å². The zero-order chi connectivity index (χ0) is 17.0. The second-order valence-corrected chi connectivity index (χ2v) is 8.09. The first-order valence-corrected chi connectivity index (χ1v) is 10.9. The molecule has 0 bridgehead atoms. The lowest BCUT2D eigenvalue weighted by Crippen LogP contribution is -2.12. The predicted molar refractivity (Wildman–Crippen MR) is 108 cm³/mol. The molecule has 0 amide bonds. The van der Waals surface area contributed by atoms with E-state index in [1.54, 1.807) is 11.1 Å². The van der Waals surface area contributed by atoms with Crippen molar-refractivity contribution >= 4 is 0 Å². The first kappa shape index (κ1) is 19.5. The van der Waals surface area contributed by atoms with Gasteiger partial charge in [0.05, 0.1) is 0 Å². The van der Waals surface area contributed by atoms with E-state index in [1.807, 2.05) is 0 Å². The Balaban J connectivity index is 1.60. The van der Waals surface area contributed by atoms with Crippen LogP contribution >= 0.6 is 0 Å². The summed E-state index contributed by atoms with van der Waals surface area (Å²) in [5, 5.41) is 0. The van der Waals surface area contributed by atoms with E-state index in [0.29, 0.717) is 0 Å². The van der Waals surface area contributed by atoms with Crippen LogP contribution in [0.2, 0.25) is 0 Å². The zero-order valence-electron chi connectivity index (χ0n) is 16.4. The maximum absolute atomic E-state index is 2.43. The lowest BCUT2D eigenvalue weighted by molar-refractivity contribution is 0.319. The average molecular weight is 329 g/mol. The van der Waals surface area contributed by atoms with Crippen LogP contribution in [-0.4, -0.2) is 0 Å². The highest BCUT2D eigenvalue weighted by Gasteiger charge is 2.20. The summed E-state index contributed by atoms with van der Waals surface area (Å²) in [6, 6.07) is 9.67. The van der Waals surface area contributed by atoms with Gasteiger partial charge in [-0.15, -0.1) is 0 Å². The van der Waals surface area contributed by atoms with Crippen LogP contribution < -0.4 is 0 Å². The molecule has 24 heavy (non-hydrogen) atoms. The minimum absolute atomic E-state index is 0.838. The molecule has 0 N–H and O–H groups in total. The van der Waals surface area contributed by atoms with Crippen LogP contribution in [0.4, 0.5) is 0 Å². The molecule has 1 aliphatic carbocycles. The van der Waals surface area contributed by atoms with Crippen molar-refractivity contribution in [3.8, 4) is 0 Å². The molecule has 1 saturated carbocycles. The van der Waals surface area contributed by atoms with Gasteiger partial charge in [0.1, 0.15) is 0 Å². The van der Waals surface area contributed by atoms with Crippen LogP contribution in [0.25, 0.3) is 0 Å². The fourth-order valence-corrected chi connectivity index (χ4v) is 4.32. The molecule has 136 valence electrons. The Bertz CT molecular complexity index is 408. The third-order valence-electron chi connectivity index (χ3n) is 6.19. The molecule has 0 aromatic heterocycles. The van der Waals surface area contributed by atoms with Crippen LogP contribution in [-0.2, 0) is 6.42 Å². The largest absolute Gasteiger partial charge is 0.0654 e. The van der Waals surface area contributed by atoms with Gasteiger partial charge >= 0.3 is 0 Å². The van der Waals surface area contributed by atoms with Gasteiger partial charge in [-0.05, 0) is 61.5 Å². The molecular weight excluding hydrogens is 288 g/mol. The van der Waals surface area contributed by atoms with Crippen LogP contribution in [0, 0.1) is 5.92 Å². The van der Waals surface area contributed by atoms with Crippen molar-refractivity contribution in [1.29, 1.82) is 0 Å². The quantitative estimate of drug-likeness (QED) is 0.360. The first-order valence-electron chi connectivity index (χ1n) is 10.9. The number of hydrogen-bond donors (Lipinski definition) is 0. The van der Waals surface area contributed by atoms with E-state index in [9.17, 15) is 0 Å². The van der Waals surface area contributed by atoms with E-state index in [2.05, 4.69) is 38.1 Å². The lowest BCUT2D eigenvalue weighted by atomic mass is 9.78. The van der Waals surface area contributed by atoms with Gasteiger partial charge in [0.2, 0.25) is 0 Å². The number of benzene rings is 1. The van der Waals surface area contributed by atoms with Crippen LogP contribution in [0.1, 0.15) is 114 Å². The van der Waals surface area contributed by atoms with Crippen LogP contribution in [0.5, 0.6) is 0 Å². The van der Waals surface area contributed by atoms with E-state index >= 15 is 0 Å². The van der Waals surface area contributed by atoms with Gasteiger partial charge < -0.3 is 0 Å². The number of rotatable bonds is 11. The lowest BCUT2D eigenvalue weighted by Gasteiger charge is -2.28. The third kappa shape index (κ3) is 6.99. The summed E-state index contributed by atoms with van der Waals surface area (Å²) in [4.78, 5) is 0. The Hall–Kier alpha value is -0.780. The van der Waals surface area contributed by atoms with Gasteiger partial charge in [0, 0.05) is 0 Å². The topological polar surface area (TPSA) is 0 Å². The summed E-state index contributed by atoms with van der Waals surface area (Å²) < 4.78 is 0. The Morgan fingerprint density at radius 3 is 1.88 bits per heavy atom. The molecule has 0 atom stereocenters. The minimum Gasteiger partial charge on any atom is -0.0654 e. The summed E-state index contributed by atoms with van der Waals surface area (Å²) in [5.74, 6) is 1.84. The Morgan fingerprint density at radius 2 is 1.29 bits per heavy atom. The summed E-state index contributed by atoms with van der Waals surface area (Å²) >= 11 is 0. The van der Waals surface area contributed by atoms with Crippen molar-refractivity contribution in [2.24, 2.45) is 5.92 Å². The molecule has 0 nitrogen and oxygen atoms in total. The summed E-state index contributed by atoms with van der Waals surface area (Å²) in [6.07, 6.45) is 19.7. The zero-order valence-corrected chi connectivity index (χ0v) is 16.4. The monoisotopic (exact) mass is 328 g/mol. The maximum atomic E-state index is 2.43. The van der Waals surface area contributed by atoms with Crippen LogP contribution in [0.15, 0.2) is 24.3 Å². The molecule has 1 fully saturated rings. The molecule has 1 aromatic rings. The van der Waals surface area contributed by atoms with Gasteiger partial charge in [-0.2, -0.15) is 0 Å². The van der Waals surface area contributed by atoms with Crippen LogP contribution in [0.3, 0.4) is 0 Å². The smallest absolute Gasteiger partial charge is 0.0162 e. The second kappa shape index (κ2) is 11.7. The van der Waals surface area contributed by atoms with E-state index in [0.717, 1.165) is 11.8 Å².